The van der Waals surface area contributed by atoms with Crippen molar-refractivity contribution in [1.29, 1.82) is 0 Å². The molecule has 2 atom stereocenters. The summed E-state index contributed by atoms with van der Waals surface area (Å²) >= 11 is 11.8. The van der Waals surface area contributed by atoms with Crippen LogP contribution in [0.4, 0.5) is 10.5 Å². The molecule has 1 fully saturated rings. The summed E-state index contributed by atoms with van der Waals surface area (Å²) in [6.07, 6.45) is 0.278. The van der Waals surface area contributed by atoms with Gasteiger partial charge in [0.1, 0.15) is 6.04 Å². The Labute approximate surface area is 172 Å². The van der Waals surface area contributed by atoms with Crippen LogP contribution < -0.4 is 10.6 Å². The van der Waals surface area contributed by atoms with Crippen molar-refractivity contribution in [3.63, 3.8) is 0 Å². The smallest absolute Gasteiger partial charge is 0.325 e. The quantitative estimate of drug-likeness (QED) is 0.681. The van der Waals surface area contributed by atoms with E-state index in [9.17, 15) is 14.4 Å². The van der Waals surface area contributed by atoms with Crippen LogP contribution >= 0.6 is 23.2 Å². The molecule has 146 valence electrons. The SMILES string of the molecule is C[C@H](c1ccccc1)N1C(=O)N[C@@H](CCC(=O)Nc2ccc(Cl)c(Cl)c2)C1=O. The first-order valence-electron chi connectivity index (χ1n) is 8.80. The first-order chi connectivity index (χ1) is 13.4. The van der Waals surface area contributed by atoms with E-state index in [1.165, 1.54) is 4.90 Å². The number of carbonyl (C=O) groups is 3. The summed E-state index contributed by atoms with van der Waals surface area (Å²) in [4.78, 5) is 38.3. The number of nitrogens with zero attached hydrogens (tertiary/aromatic N) is 1. The molecule has 1 aliphatic heterocycles. The fraction of sp³-hybridized carbons (Fsp3) is 0.250. The number of hydrogen-bond donors (Lipinski definition) is 2. The molecule has 0 aromatic heterocycles. The Morgan fingerprint density at radius 2 is 1.86 bits per heavy atom. The van der Waals surface area contributed by atoms with Crippen LogP contribution in [-0.4, -0.2) is 28.8 Å². The Bertz CT molecular complexity index is 905. The van der Waals surface area contributed by atoms with Gasteiger partial charge in [0.2, 0.25) is 5.91 Å². The molecule has 1 heterocycles. The van der Waals surface area contributed by atoms with Crippen LogP contribution in [0.25, 0.3) is 0 Å². The minimum atomic E-state index is -0.724. The second kappa shape index (κ2) is 8.63. The number of rotatable bonds is 6. The molecule has 0 aliphatic carbocycles. The Kier molecular flexibility index (Phi) is 6.21. The van der Waals surface area contributed by atoms with E-state index in [4.69, 9.17) is 23.2 Å². The molecule has 28 heavy (non-hydrogen) atoms. The van der Waals surface area contributed by atoms with Gasteiger partial charge in [-0.25, -0.2) is 4.79 Å². The van der Waals surface area contributed by atoms with E-state index < -0.39 is 12.1 Å². The van der Waals surface area contributed by atoms with Crippen LogP contribution in [0.2, 0.25) is 10.0 Å². The highest BCUT2D eigenvalue weighted by Crippen LogP contribution is 2.26. The summed E-state index contributed by atoms with van der Waals surface area (Å²) in [5.41, 5.74) is 1.38. The third-order valence-corrected chi connectivity index (χ3v) is 5.32. The van der Waals surface area contributed by atoms with Crippen molar-refractivity contribution in [2.24, 2.45) is 0 Å². The Hall–Kier alpha value is -2.57. The Balaban J connectivity index is 1.58. The molecule has 0 unspecified atom stereocenters. The summed E-state index contributed by atoms with van der Waals surface area (Å²) < 4.78 is 0. The summed E-state index contributed by atoms with van der Waals surface area (Å²) in [7, 11) is 0. The van der Waals surface area contributed by atoms with Gasteiger partial charge < -0.3 is 10.6 Å². The second-order valence-electron chi connectivity index (χ2n) is 6.51. The van der Waals surface area contributed by atoms with Crippen LogP contribution in [0.3, 0.4) is 0 Å². The third kappa shape index (κ3) is 4.46. The van der Waals surface area contributed by atoms with Crippen molar-refractivity contribution in [3.05, 3.63) is 64.1 Å². The van der Waals surface area contributed by atoms with Crippen LogP contribution in [0, 0.1) is 0 Å². The number of amides is 4. The van der Waals surface area contributed by atoms with Gasteiger partial charge in [-0.3, -0.25) is 14.5 Å². The van der Waals surface area contributed by atoms with Gasteiger partial charge >= 0.3 is 6.03 Å². The van der Waals surface area contributed by atoms with Crippen molar-refractivity contribution in [3.8, 4) is 0 Å². The number of urea groups is 1. The standard InChI is InChI=1S/C20H19Cl2N3O3/c1-12(13-5-3-2-4-6-13)25-19(27)17(24-20(25)28)9-10-18(26)23-14-7-8-15(21)16(22)11-14/h2-8,11-12,17H,9-10H2,1H3,(H,23,26)(H,24,28)/t12-,17+/m1/s1. The molecule has 0 radical (unpaired) electrons. The van der Waals surface area contributed by atoms with Gasteiger partial charge in [-0.05, 0) is 37.1 Å². The highest BCUT2D eigenvalue weighted by atomic mass is 35.5. The molecular weight excluding hydrogens is 401 g/mol. The molecule has 2 N–H and O–H groups in total. The van der Waals surface area contributed by atoms with Gasteiger partial charge in [0.05, 0.1) is 16.1 Å². The molecule has 1 aliphatic rings. The minimum Gasteiger partial charge on any atom is -0.326 e. The maximum atomic E-state index is 12.7. The van der Waals surface area contributed by atoms with Crippen LogP contribution in [0.1, 0.15) is 31.4 Å². The number of halogens is 2. The van der Waals surface area contributed by atoms with E-state index in [1.54, 1.807) is 25.1 Å². The minimum absolute atomic E-state index is 0.0739. The molecule has 8 heteroatoms. The molecule has 3 rings (SSSR count). The molecule has 1 saturated heterocycles. The molecule has 2 aromatic carbocycles. The average Bonchev–Trinajstić information content (AvgIpc) is 2.96. The van der Waals surface area contributed by atoms with Crippen molar-refractivity contribution >= 4 is 46.7 Å². The lowest BCUT2D eigenvalue weighted by Crippen LogP contribution is -2.34. The molecule has 6 nitrogen and oxygen atoms in total. The van der Waals surface area contributed by atoms with Crippen molar-refractivity contribution in [2.45, 2.75) is 31.8 Å². The average molecular weight is 420 g/mol. The van der Waals surface area contributed by atoms with Crippen LogP contribution in [-0.2, 0) is 9.59 Å². The maximum Gasteiger partial charge on any atom is 0.325 e. The van der Waals surface area contributed by atoms with E-state index >= 15 is 0 Å². The maximum absolute atomic E-state index is 12.7. The highest BCUT2D eigenvalue weighted by molar-refractivity contribution is 6.42. The zero-order valence-corrected chi connectivity index (χ0v) is 16.6. The van der Waals surface area contributed by atoms with Gasteiger partial charge in [0.15, 0.2) is 0 Å². The first kappa shape index (κ1) is 20.2. The van der Waals surface area contributed by atoms with Gasteiger partial charge in [-0.1, -0.05) is 53.5 Å². The Morgan fingerprint density at radius 1 is 1.14 bits per heavy atom. The topological polar surface area (TPSA) is 78.5 Å². The molecule has 0 bridgehead atoms. The molecule has 0 saturated carbocycles. The van der Waals surface area contributed by atoms with E-state index in [1.807, 2.05) is 30.3 Å². The van der Waals surface area contributed by atoms with Gasteiger partial charge in [-0.15, -0.1) is 0 Å². The predicted octanol–water partition coefficient (Wildman–Crippen LogP) is 4.39. The van der Waals surface area contributed by atoms with Crippen molar-refractivity contribution in [2.75, 3.05) is 5.32 Å². The fourth-order valence-electron chi connectivity index (χ4n) is 3.06. The zero-order chi connectivity index (χ0) is 20.3. The third-order valence-electron chi connectivity index (χ3n) is 4.58. The first-order valence-corrected chi connectivity index (χ1v) is 9.56. The number of carbonyl (C=O) groups excluding carboxylic acids is 3. The van der Waals surface area contributed by atoms with E-state index in [0.29, 0.717) is 15.7 Å². The van der Waals surface area contributed by atoms with Crippen molar-refractivity contribution < 1.29 is 14.4 Å². The normalized spacial score (nSPS) is 17.4. The van der Waals surface area contributed by atoms with Crippen LogP contribution in [0.5, 0.6) is 0 Å². The highest BCUT2D eigenvalue weighted by Gasteiger charge is 2.40. The van der Waals surface area contributed by atoms with Crippen molar-refractivity contribution in [1.82, 2.24) is 10.2 Å². The van der Waals surface area contributed by atoms with Gasteiger partial charge in [-0.2, -0.15) is 0 Å². The summed E-state index contributed by atoms with van der Waals surface area (Å²) in [6, 6.07) is 12.5. The molecular formula is C20H19Cl2N3O3. The van der Waals surface area contributed by atoms with Gasteiger partial charge in [0.25, 0.3) is 5.91 Å². The predicted molar refractivity (Wildman–Crippen MR) is 108 cm³/mol. The lowest BCUT2D eigenvalue weighted by Gasteiger charge is -2.21. The molecule has 0 spiro atoms. The largest absolute Gasteiger partial charge is 0.326 e. The van der Waals surface area contributed by atoms with Crippen LogP contribution in [0.15, 0.2) is 48.5 Å². The van der Waals surface area contributed by atoms with E-state index in [2.05, 4.69) is 10.6 Å². The Morgan fingerprint density at radius 3 is 2.54 bits per heavy atom. The number of benzene rings is 2. The zero-order valence-electron chi connectivity index (χ0n) is 15.1. The van der Waals surface area contributed by atoms with E-state index in [-0.39, 0.29) is 30.7 Å². The number of imide groups is 1. The molecule has 2 aromatic rings. The number of hydrogen-bond acceptors (Lipinski definition) is 3. The lowest BCUT2D eigenvalue weighted by molar-refractivity contribution is -0.129. The fourth-order valence-corrected chi connectivity index (χ4v) is 3.36. The lowest BCUT2D eigenvalue weighted by atomic mass is 10.1. The summed E-state index contributed by atoms with van der Waals surface area (Å²) in [5.74, 6) is -0.612. The summed E-state index contributed by atoms with van der Waals surface area (Å²) in [6.45, 7) is 1.80. The number of nitrogens with one attached hydrogen (secondary N) is 2. The molecule has 4 amide bonds. The number of anilines is 1. The summed E-state index contributed by atoms with van der Waals surface area (Å²) in [5, 5.41) is 6.09. The second-order valence-corrected chi connectivity index (χ2v) is 7.33. The van der Waals surface area contributed by atoms with E-state index in [0.717, 1.165) is 5.56 Å². The monoisotopic (exact) mass is 419 g/mol. The van der Waals surface area contributed by atoms with Gasteiger partial charge in [0, 0.05) is 12.1 Å².